The number of rotatable bonds is 4. The zero-order valence-corrected chi connectivity index (χ0v) is 17.2. The molecule has 0 spiro atoms. The summed E-state index contributed by atoms with van der Waals surface area (Å²) in [5.41, 5.74) is 1.63. The van der Waals surface area contributed by atoms with Crippen molar-refractivity contribution in [3.05, 3.63) is 36.4 Å². The molecule has 150 valence electrons. The van der Waals surface area contributed by atoms with Crippen molar-refractivity contribution in [3.8, 4) is 11.3 Å². The van der Waals surface area contributed by atoms with E-state index >= 15 is 0 Å². The average Bonchev–Trinajstić information content (AvgIpc) is 2.74. The summed E-state index contributed by atoms with van der Waals surface area (Å²) in [5, 5.41) is 8.80. The molecule has 2 saturated heterocycles. The van der Waals surface area contributed by atoms with Gasteiger partial charge in [0.05, 0.1) is 10.6 Å². The number of benzene rings is 1. The van der Waals surface area contributed by atoms with Crippen LogP contribution in [0, 0.1) is 0 Å². The first kappa shape index (κ1) is 19.3. The van der Waals surface area contributed by atoms with Gasteiger partial charge in [0.2, 0.25) is 0 Å². The zero-order chi connectivity index (χ0) is 19.6. The van der Waals surface area contributed by atoms with Crippen LogP contribution < -0.4 is 4.90 Å². The van der Waals surface area contributed by atoms with Gasteiger partial charge in [-0.05, 0) is 63.0 Å². The van der Waals surface area contributed by atoms with E-state index in [-0.39, 0.29) is 0 Å². The summed E-state index contributed by atoms with van der Waals surface area (Å²) in [4.78, 5) is 5.32. The highest BCUT2D eigenvalue weighted by Crippen LogP contribution is 2.25. The van der Waals surface area contributed by atoms with Gasteiger partial charge in [0.25, 0.3) is 0 Å². The second kappa shape index (κ2) is 8.17. The molecule has 0 saturated carbocycles. The number of likely N-dealkylation sites (tertiary alicyclic amines) is 1. The maximum atomic E-state index is 11.6. The number of aromatic nitrogens is 2. The molecule has 2 aromatic rings. The van der Waals surface area contributed by atoms with Crippen LogP contribution in [0.4, 0.5) is 5.82 Å². The van der Waals surface area contributed by atoms with Gasteiger partial charge in [-0.15, -0.1) is 10.2 Å². The molecule has 28 heavy (non-hydrogen) atoms. The third-order valence-corrected chi connectivity index (χ3v) is 7.05. The molecule has 0 N–H and O–H groups in total. The van der Waals surface area contributed by atoms with Crippen molar-refractivity contribution < 1.29 is 8.42 Å². The lowest BCUT2D eigenvalue weighted by molar-refractivity contribution is 0.141. The second-order valence-corrected chi connectivity index (χ2v) is 9.90. The molecule has 0 amide bonds. The molecule has 2 aliphatic heterocycles. The van der Waals surface area contributed by atoms with Crippen molar-refractivity contribution in [3.63, 3.8) is 0 Å². The molecule has 3 heterocycles. The molecular weight excluding hydrogens is 372 g/mol. The van der Waals surface area contributed by atoms with Crippen molar-refractivity contribution in [2.75, 3.05) is 37.3 Å². The zero-order valence-electron chi connectivity index (χ0n) is 16.4. The Kier molecular flexibility index (Phi) is 5.64. The van der Waals surface area contributed by atoms with E-state index in [9.17, 15) is 8.42 Å². The van der Waals surface area contributed by atoms with Gasteiger partial charge >= 0.3 is 0 Å². The fourth-order valence-electron chi connectivity index (χ4n) is 4.26. The number of anilines is 1. The Hall–Kier alpha value is -1.99. The normalized spacial score (nSPS) is 19.7. The lowest BCUT2D eigenvalue weighted by Crippen LogP contribution is -2.47. The summed E-state index contributed by atoms with van der Waals surface area (Å²) in [6.07, 6.45) is 7.67. The van der Waals surface area contributed by atoms with Gasteiger partial charge in [-0.3, -0.25) is 0 Å². The Morgan fingerprint density at radius 2 is 1.54 bits per heavy atom. The van der Waals surface area contributed by atoms with E-state index in [0.29, 0.717) is 4.90 Å². The summed E-state index contributed by atoms with van der Waals surface area (Å²) in [5.74, 6) is 0.925. The summed E-state index contributed by atoms with van der Waals surface area (Å²) >= 11 is 0. The molecule has 0 atom stereocenters. The Morgan fingerprint density at radius 3 is 2.11 bits per heavy atom. The Morgan fingerprint density at radius 1 is 0.857 bits per heavy atom. The third kappa shape index (κ3) is 4.36. The molecule has 0 bridgehead atoms. The Bertz CT molecular complexity index is 883. The Labute approximate surface area is 167 Å². The van der Waals surface area contributed by atoms with Crippen LogP contribution in [0.2, 0.25) is 0 Å². The summed E-state index contributed by atoms with van der Waals surface area (Å²) < 4.78 is 23.2. The molecular formula is C21H28N4O2S. The highest BCUT2D eigenvalue weighted by molar-refractivity contribution is 7.90. The molecule has 0 aliphatic carbocycles. The minimum atomic E-state index is -3.18. The maximum Gasteiger partial charge on any atom is 0.175 e. The SMILES string of the molecule is CS(=O)(=O)c1ccc(-c2ccc(N3CCC(N4CCCCC4)CC3)nn2)cc1. The predicted octanol–water partition coefficient (Wildman–Crippen LogP) is 3.00. The van der Waals surface area contributed by atoms with Crippen LogP contribution in [-0.4, -0.2) is 62.0 Å². The number of piperidine rings is 2. The van der Waals surface area contributed by atoms with E-state index in [2.05, 4.69) is 20.0 Å². The lowest BCUT2D eigenvalue weighted by Gasteiger charge is -2.40. The summed E-state index contributed by atoms with van der Waals surface area (Å²) in [6.45, 7) is 4.57. The van der Waals surface area contributed by atoms with Gasteiger partial charge in [-0.2, -0.15) is 0 Å². The summed E-state index contributed by atoms with van der Waals surface area (Å²) in [6, 6.07) is 11.5. The predicted molar refractivity (Wildman–Crippen MR) is 111 cm³/mol. The van der Waals surface area contributed by atoms with Crippen molar-refractivity contribution in [1.29, 1.82) is 0 Å². The average molecular weight is 401 g/mol. The number of hydrogen-bond donors (Lipinski definition) is 0. The van der Waals surface area contributed by atoms with Crippen LogP contribution in [0.5, 0.6) is 0 Å². The molecule has 0 radical (unpaired) electrons. The van der Waals surface area contributed by atoms with Crippen LogP contribution >= 0.6 is 0 Å². The summed E-state index contributed by atoms with van der Waals surface area (Å²) in [7, 11) is -3.18. The number of hydrogen-bond acceptors (Lipinski definition) is 6. The van der Waals surface area contributed by atoms with Crippen LogP contribution in [0.3, 0.4) is 0 Å². The van der Waals surface area contributed by atoms with Crippen LogP contribution in [0.15, 0.2) is 41.3 Å². The van der Waals surface area contributed by atoms with E-state index in [1.54, 1.807) is 24.3 Å². The van der Waals surface area contributed by atoms with Crippen molar-refractivity contribution in [1.82, 2.24) is 15.1 Å². The molecule has 7 heteroatoms. The first-order valence-corrected chi connectivity index (χ1v) is 12.0. The van der Waals surface area contributed by atoms with Crippen molar-refractivity contribution in [2.45, 2.75) is 43.0 Å². The quantitative estimate of drug-likeness (QED) is 0.786. The van der Waals surface area contributed by atoms with Crippen molar-refractivity contribution >= 4 is 15.7 Å². The number of sulfone groups is 1. The number of nitrogens with zero attached hydrogens (tertiary/aromatic N) is 4. The topological polar surface area (TPSA) is 66.4 Å². The molecule has 1 aromatic heterocycles. The van der Waals surface area contributed by atoms with Gasteiger partial charge in [0.1, 0.15) is 0 Å². The monoisotopic (exact) mass is 400 g/mol. The molecule has 1 aromatic carbocycles. The Balaban J connectivity index is 1.38. The highest BCUT2D eigenvalue weighted by atomic mass is 32.2. The van der Waals surface area contributed by atoms with E-state index in [1.807, 2.05) is 12.1 Å². The van der Waals surface area contributed by atoms with Crippen LogP contribution in [-0.2, 0) is 9.84 Å². The minimum Gasteiger partial charge on any atom is -0.355 e. The molecule has 0 unspecified atom stereocenters. The standard InChI is InChI=1S/C21H28N4O2S/c1-28(26,27)19-7-5-17(6-8-19)20-9-10-21(23-22-20)25-15-11-18(12-16-25)24-13-3-2-4-14-24/h5-10,18H,2-4,11-16H2,1H3. The maximum absolute atomic E-state index is 11.6. The smallest absolute Gasteiger partial charge is 0.175 e. The van der Waals surface area contributed by atoms with Gasteiger partial charge in [0.15, 0.2) is 15.7 Å². The lowest BCUT2D eigenvalue weighted by atomic mass is 10.00. The van der Waals surface area contributed by atoms with Gasteiger partial charge < -0.3 is 9.80 Å². The van der Waals surface area contributed by atoms with E-state index in [1.165, 1.54) is 51.4 Å². The molecule has 2 fully saturated rings. The fourth-order valence-corrected chi connectivity index (χ4v) is 4.89. The van der Waals surface area contributed by atoms with Crippen LogP contribution in [0.1, 0.15) is 32.1 Å². The molecule has 2 aliphatic rings. The largest absolute Gasteiger partial charge is 0.355 e. The van der Waals surface area contributed by atoms with Gasteiger partial charge in [-0.25, -0.2) is 8.42 Å². The third-order valence-electron chi connectivity index (χ3n) is 5.92. The van der Waals surface area contributed by atoms with Gasteiger partial charge in [-0.1, -0.05) is 18.6 Å². The van der Waals surface area contributed by atoms with E-state index < -0.39 is 9.84 Å². The minimum absolute atomic E-state index is 0.317. The van der Waals surface area contributed by atoms with Crippen LogP contribution in [0.25, 0.3) is 11.3 Å². The van der Waals surface area contributed by atoms with Crippen molar-refractivity contribution in [2.24, 2.45) is 0 Å². The first-order chi connectivity index (χ1) is 13.5. The van der Waals surface area contributed by atoms with E-state index in [0.717, 1.165) is 36.2 Å². The molecule has 6 nitrogen and oxygen atoms in total. The second-order valence-electron chi connectivity index (χ2n) is 7.89. The van der Waals surface area contributed by atoms with Gasteiger partial charge in [0, 0.05) is 31.0 Å². The molecule has 4 rings (SSSR count). The highest BCUT2D eigenvalue weighted by Gasteiger charge is 2.26. The fraction of sp³-hybridized carbons (Fsp3) is 0.524. The first-order valence-electron chi connectivity index (χ1n) is 10.1. The van der Waals surface area contributed by atoms with E-state index in [4.69, 9.17) is 0 Å².